The summed E-state index contributed by atoms with van der Waals surface area (Å²) in [6, 6.07) is 25.3. The Balaban J connectivity index is 1.37. The summed E-state index contributed by atoms with van der Waals surface area (Å²) >= 11 is 15.9. The van der Waals surface area contributed by atoms with Crippen molar-refractivity contribution in [1.82, 2.24) is 5.32 Å². The van der Waals surface area contributed by atoms with Gasteiger partial charge in [-0.2, -0.15) is 0 Å². The molecule has 0 unspecified atom stereocenters. The molecule has 10 heteroatoms. The lowest BCUT2D eigenvalue weighted by atomic mass is 10.1. The van der Waals surface area contributed by atoms with Gasteiger partial charge in [-0.1, -0.05) is 75.5 Å². The number of hydrogen-bond donors (Lipinski definition) is 1. The number of hydrogen-bond acceptors (Lipinski definition) is 5. The Morgan fingerprint density at radius 3 is 2.02 bits per heavy atom. The van der Waals surface area contributed by atoms with E-state index >= 15 is 0 Å². The van der Waals surface area contributed by atoms with Crippen LogP contribution in [0, 0.1) is 0 Å². The molecule has 4 aromatic rings. The predicted molar refractivity (Wildman–Crippen MR) is 161 cm³/mol. The Kier molecular flexibility index (Phi) is 8.73. The molecule has 0 aliphatic carbocycles. The quantitative estimate of drug-likeness (QED) is 0.157. The van der Waals surface area contributed by atoms with Crippen molar-refractivity contribution in [2.45, 2.75) is 13.2 Å². The number of nitrogens with one attached hydrogen (secondary N) is 1. The van der Waals surface area contributed by atoms with Crippen molar-refractivity contribution >= 4 is 68.7 Å². The minimum Gasteiger partial charge on any atom is -0.489 e. The predicted octanol–water partition coefficient (Wildman–Crippen LogP) is 7.58. The van der Waals surface area contributed by atoms with Crippen molar-refractivity contribution in [3.8, 4) is 11.5 Å². The lowest BCUT2D eigenvalue weighted by Gasteiger charge is -2.26. The summed E-state index contributed by atoms with van der Waals surface area (Å²) in [5, 5.41) is 3.38. The number of ether oxygens (including phenoxy) is 2. The first-order chi connectivity index (χ1) is 19.8. The van der Waals surface area contributed by atoms with E-state index < -0.39 is 17.8 Å². The minimum absolute atomic E-state index is 0.174. The molecule has 0 radical (unpaired) electrons. The van der Waals surface area contributed by atoms with Crippen LogP contribution in [0.25, 0.3) is 6.08 Å². The lowest BCUT2D eigenvalue weighted by Crippen LogP contribution is -2.54. The fourth-order valence-corrected chi connectivity index (χ4v) is 4.81. The van der Waals surface area contributed by atoms with E-state index in [4.69, 9.17) is 32.7 Å². The van der Waals surface area contributed by atoms with Crippen molar-refractivity contribution in [1.29, 1.82) is 0 Å². The van der Waals surface area contributed by atoms with E-state index in [-0.39, 0.29) is 24.5 Å². The number of halogens is 3. The number of amides is 4. The minimum atomic E-state index is -0.855. The van der Waals surface area contributed by atoms with Gasteiger partial charge in [-0.05, 0) is 60.7 Å². The molecule has 206 valence electrons. The molecule has 4 aromatic carbocycles. The van der Waals surface area contributed by atoms with Gasteiger partial charge in [0.1, 0.15) is 30.3 Å². The maximum absolute atomic E-state index is 13.5. The maximum Gasteiger partial charge on any atom is 0.335 e. The van der Waals surface area contributed by atoms with Crippen LogP contribution in [-0.2, 0) is 22.8 Å². The number of benzene rings is 4. The first kappa shape index (κ1) is 28.4. The average Bonchev–Trinajstić information content (AvgIpc) is 2.96. The van der Waals surface area contributed by atoms with Gasteiger partial charge in [0.25, 0.3) is 11.8 Å². The van der Waals surface area contributed by atoms with Gasteiger partial charge in [0.05, 0.1) is 5.69 Å². The van der Waals surface area contributed by atoms with E-state index in [9.17, 15) is 14.4 Å². The highest BCUT2D eigenvalue weighted by molar-refractivity contribution is 9.10. The summed E-state index contributed by atoms with van der Waals surface area (Å²) in [6.45, 7) is 0.421. The number of imide groups is 2. The molecule has 41 heavy (non-hydrogen) atoms. The lowest BCUT2D eigenvalue weighted by molar-refractivity contribution is -0.122. The molecule has 0 saturated carbocycles. The van der Waals surface area contributed by atoms with Crippen LogP contribution in [-0.4, -0.2) is 17.8 Å². The highest BCUT2D eigenvalue weighted by atomic mass is 79.9. The highest BCUT2D eigenvalue weighted by Gasteiger charge is 2.37. The smallest absolute Gasteiger partial charge is 0.335 e. The zero-order valence-corrected chi connectivity index (χ0v) is 24.4. The van der Waals surface area contributed by atoms with Crippen LogP contribution < -0.4 is 19.7 Å². The van der Waals surface area contributed by atoms with E-state index in [0.29, 0.717) is 31.6 Å². The number of carbonyl (C=O) groups is 3. The molecule has 1 aliphatic heterocycles. The highest BCUT2D eigenvalue weighted by Crippen LogP contribution is 2.30. The standard InChI is InChI=1S/C31H21BrCl2N2O5/c32-22-9-14-28(41-18-20-6-2-4-8-27(20)34)21(15-22)16-25-29(37)35-31(39)36(30(25)38)23-10-12-24(13-11-23)40-17-19-5-1-3-7-26(19)33/h1-16H,17-18H2,(H,35,37,39)/b25-16+. The Morgan fingerprint density at radius 1 is 0.780 bits per heavy atom. The summed E-state index contributed by atoms with van der Waals surface area (Å²) in [4.78, 5) is 39.8. The first-order valence-electron chi connectivity index (χ1n) is 12.3. The van der Waals surface area contributed by atoms with Gasteiger partial charge < -0.3 is 9.47 Å². The summed E-state index contributed by atoms with van der Waals surface area (Å²) in [7, 11) is 0. The number of carbonyl (C=O) groups excluding carboxylic acids is 3. The number of rotatable bonds is 8. The molecule has 0 aromatic heterocycles. The third-order valence-electron chi connectivity index (χ3n) is 6.16. The third kappa shape index (κ3) is 6.62. The third-order valence-corrected chi connectivity index (χ3v) is 7.39. The summed E-state index contributed by atoms with van der Waals surface area (Å²) in [5.74, 6) is -0.655. The number of anilines is 1. The van der Waals surface area contributed by atoms with Gasteiger partial charge in [0, 0.05) is 31.2 Å². The largest absolute Gasteiger partial charge is 0.489 e. The van der Waals surface area contributed by atoms with Gasteiger partial charge in [-0.25, -0.2) is 9.69 Å². The van der Waals surface area contributed by atoms with E-state index in [1.54, 1.807) is 54.6 Å². The Labute approximate surface area is 254 Å². The molecule has 7 nitrogen and oxygen atoms in total. The zero-order valence-electron chi connectivity index (χ0n) is 21.3. The van der Waals surface area contributed by atoms with Crippen LogP contribution in [0.15, 0.2) is 101 Å². The summed E-state index contributed by atoms with van der Waals surface area (Å²) < 4.78 is 12.5. The van der Waals surface area contributed by atoms with Crippen LogP contribution >= 0.6 is 39.1 Å². The van der Waals surface area contributed by atoms with Gasteiger partial charge in [-0.3, -0.25) is 14.9 Å². The SMILES string of the molecule is O=C1NC(=O)N(c2ccc(OCc3ccccc3Cl)cc2)C(=O)/C1=C/c1cc(Br)ccc1OCc1ccccc1Cl. The van der Waals surface area contributed by atoms with Crippen molar-refractivity contribution in [2.75, 3.05) is 4.90 Å². The molecule has 0 atom stereocenters. The molecule has 0 spiro atoms. The van der Waals surface area contributed by atoms with E-state index in [1.807, 2.05) is 36.4 Å². The topological polar surface area (TPSA) is 84.9 Å². The van der Waals surface area contributed by atoms with Gasteiger partial charge >= 0.3 is 6.03 Å². The summed E-state index contributed by atoms with van der Waals surface area (Å²) in [6.07, 6.45) is 1.39. The summed E-state index contributed by atoms with van der Waals surface area (Å²) in [5.41, 5.74) is 2.09. The molecule has 1 N–H and O–H groups in total. The fourth-order valence-electron chi connectivity index (χ4n) is 4.05. The molecule has 1 fully saturated rings. The molecule has 5 rings (SSSR count). The second-order valence-electron chi connectivity index (χ2n) is 8.89. The Morgan fingerprint density at radius 2 is 1.39 bits per heavy atom. The molecular weight excluding hydrogens is 631 g/mol. The van der Waals surface area contributed by atoms with Crippen LogP contribution in [0.5, 0.6) is 11.5 Å². The van der Waals surface area contributed by atoms with Crippen molar-refractivity contribution in [2.24, 2.45) is 0 Å². The van der Waals surface area contributed by atoms with Crippen molar-refractivity contribution in [3.05, 3.63) is 128 Å². The molecule has 1 aliphatic rings. The normalized spacial score (nSPS) is 14.3. The fraction of sp³-hybridized carbons (Fsp3) is 0.0645. The second kappa shape index (κ2) is 12.6. The average molecular weight is 652 g/mol. The van der Waals surface area contributed by atoms with Crippen LogP contribution in [0.2, 0.25) is 10.0 Å². The van der Waals surface area contributed by atoms with Crippen LogP contribution in [0.3, 0.4) is 0 Å². The van der Waals surface area contributed by atoms with Crippen molar-refractivity contribution in [3.63, 3.8) is 0 Å². The number of barbiturate groups is 1. The van der Waals surface area contributed by atoms with E-state index in [2.05, 4.69) is 21.2 Å². The monoisotopic (exact) mass is 650 g/mol. The zero-order chi connectivity index (χ0) is 28.9. The van der Waals surface area contributed by atoms with Crippen molar-refractivity contribution < 1.29 is 23.9 Å². The van der Waals surface area contributed by atoms with E-state index in [0.717, 1.165) is 16.0 Å². The molecule has 4 amide bonds. The van der Waals surface area contributed by atoms with Gasteiger partial charge in [0.15, 0.2) is 0 Å². The van der Waals surface area contributed by atoms with Gasteiger partial charge in [-0.15, -0.1) is 0 Å². The number of urea groups is 1. The van der Waals surface area contributed by atoms with E-state index in [1.165, 1.54) is 6.08 Å². The second-order valence-corrected chi connectivity index (χ2v) is 10.6. The van der Waals surface area contributed by atoms with Gasteiger partial charge in [0.2, 0.25) is 0 Å². The first-order valence-corrected chi connectivity index (χ1v) is 13.9. The van der Waals surface area contributed by atoms with Crippen LogP contribution in [0.4, 0.5) is 10.5 Å². The molecule has 0 bridgehead atoms. The molecular formula is C31H21BrCl2N2O5. The molecule has 1 heterocycles. The van der Waals surface area contributed by atoms with Crippen LogP contribution in [0.1, 0.15) is 16.7 Å². The maximum atomic E-state index is 13.5. The molecule has 1 saturated heterocycles. The Bertz CT molecular complexity index is 1670. The number of nitrogens with zero attached hydrogens (tertiary/aromatic N) is 1. The Hall–Kier alpha value is -4.11.